The lowest BCUT2D eigenvalue weighted by molar-refractivity contribution is -0.0498. The van der Waals surface area contributed by atoms with E-state index in [4.69, 9.17) is 0 Å². The number of rotatable bonds is 5. The van der Waals surface area contributed by atoms with Gasteiger partial charge in [-0.2, -0.15) is 8.78 Å². The number of carbonyl (C=O) groups excluding carboxylic acids is 1. The first-order valence-corrected chi connectivity index (χ1v) is 7.72. The van der Waals surface area contributed by atoms with Crippen molar-refractivity contribution in [2.45, 2.75) is 6.61 Å². The molecule has 2 aromatic heterocycles. The lowest BCUT2D eigenvalue weighted by Gasteiger charge is -2.06. The molecule has 2 heterocycles. The van der Waals surface area contributed by atoms with E-state index in [0.29, 0.717) is 10.8 Å². The Morgan fingerprint density at radius 1 is 1.25 bits per heavy atom. The van der Waals surface area contributed by atoms with Crippen LogP contribution in [0.25, 0.3) is 11.3 Å². The highest BCUT2D eigenvalue weighted by molar-refractivity contribution is 7.14. The average molecular weight is 347 g/mol. The normalized spacial score (nSPS) is 10.6. The summed E-state index contributed by atoms with van der Waals surface area (Å²) < 4.78 is 28.7. The van der Waals surface area contributed by atoms with Crippen molar-refractivity contribution < 1.29 is 18.3 Å². The maximum absolute atomic E-state index is 12.2. The first-order chi connectivity index (χ1) is 11.6. The van der Waals surface area contributed by atoms with Gasteiger partial charge in [0.1, 0.15) is 5.75 Å². The number of hydrogen-bond donors (Lipinski definition) is 1. The van der Waals surface area contributed by atoms with Crippen molar-refractivity contribution >= 4 is 22.4 Å². The summed E-state index contributed by atoms with van der Waals surface area (Å²) in [7, 11) is 0. The van der Waals surface area contributed by atoms with Gasteiger partial charge >= 0.3 is 6.61 Å². The van der Waals surface area contributed by atoms with Crippen LogP contribution in [-0.2, 0) is 0 Å². The Morgan fingerprint density at radius 2 is 2.12 bits per heavy atom. The highest BCUT2D eigenvalue weighted by Crippen LogP contribution is 2.25. The van der Waals surface area contributed by atoms with Gasteiger partial charge in [0.15, 0.2) is 5.13 Å². The van der Waals surface area contributed by atoms with Crippen LogP contribution in [0.4, 0.5) is 13.9 Å². The number of ether oxygens (including phenoxy) is 1. The average Bonchev–Trinajstić information content (AvgIpc) is 3.04. The molecule has 5 nitrogen and oxygen atoms in total. The fourth-order valence-corrected chi connectivity index (χ4v) is 2.68. The molecule has 0 fully saturated rings. The molecule has 0 saturated carbocycles. The molecule has 24 heavy (non-hydrogen) atoms. The number of nitrogens with zero attached hydrogens (tertiary/aromatic N) is 2. The number of aromatic nitrogens is 2. The molecule has 0 aliphatic carbocycles. The molecular weight excluding hydrogens is 336 g/mol. The summed E-state index contributed by atoms with van der Waals surface area (Å²) in [6, 6.07) is 9.23. The minimum absolute atomic E-state index is 0.0761. The third kappa shape index (κ3) is 3.90. The van der Waals surface area contributed by atoms with Crippen molar-refractivity contribution in [1.29, 1.82) is 0 Å². The standard InChI is InChI=1S/C16H11F2N3O2S/c17-15(18)23-12-5-1-3-10(7-12)14(22)21-16-20-13(9-24-16)11-4-2-6-19-8-11/h1-9,15H,(H,20,21,22). The van der Waals surface area contributed by atoms with Gasteiger partial charge in [0.2, 0.25) is 0 Å². The van der Waals surface area contributed by atoms with E-state index in [-0.39, 0.29) is 11.3 Å². The number of halogens is 2. The summed E-state index contributed by atoms with van der Waals surface area (Å²) >= 11 is 1.26. The number of amides is 1. The summed E-state index contributed by atoms with van der Waals surface area (Å²) in [5.41, 5.74) is 1.73. The van der Waals surface area contributed by atoms with Gasteiger partial charge in [0.05, 0.1) is 5.69 Å². The van der Waals surface area contributed by atoms with Crippen LogP contribution in [0.1, 0.15) is 10.4 Å². The summed E-state index contributed by atoms with van der Waals surface area (Å²) in [4.78, 5) is 20.5. The number of anilines is 1. The van der Waals surface area contributed by atoms with Gasteiger partial charge in [0.25, 0.3) is 5.91 Å². The summed E-state index contributed by atoms with van der Waals surface area (Å²) in [5.74, 6) is -0.533. The Labute approximate surface area is 140 Å². The molecular formula is C16H11F2N3O2S. The number of carbonyl (C=O) groups is 1. The largest absolute Gasteiger partial charge is 0.435 e. The van der Waals surface area contributed by atoms with Crippen LogP contribution >= 0.6 is 11.3 Å². The first-order valence-electron chi connectivity index (χ1n) is 6.84. The molecule has 0 radical (unpaired) electrons. The lowest BCUT2D eigenvalue weighted by Crippen LogP contribution is -2.12. The van der Waals surface area contributed by atoms with Crippen molar-refractivity contribution in [3.05, 3.63) is 59.7 Å². The van der Waals surface area contributed by atoms with Crippen LogP contribution in [0.5, 0.6) is 5.75 Å². The molecule has 3 aromatic rings. The van der Waals surface area contributed by atoms with E-state index in [1.54, 1.807) is 23.8 Å². The van der Waals surface area contributed by atoms with Crippen molar-refractivity contribution in [2.75, 3.05) is 5.32 Å². The minimum atomic E-state index is -2.94. The van der Waals surface area contributed by atoms with E-state index in [1.807, 2.05) is 6.07 Å². The SMILES string of the molecule is O=C(Nc1nc(-c2cccnc2)cs1)c1cccc(OC(F)F)c1. The molecule has 0 unspecified atom stereocenters. The van der Waals surface area contributed by atoms with Crippen molar-refractivity contribution in [3.63, 3.8) is 0 Å². The highest BCUT2D eigenvalue weighted by Gasteiger charge is 2.12. The van der Waals surface area contributed by atoms with Gasteiger partial charge in [-0.05, 0) is 30.3 Å². The van der Waals surface area contributed by atoms with Crippen LogP contribution in [0, 0.1) is 0 Å². The Hall–Kier alpha value is -2.87. The van der Waals surface area contributed by atoms with Gasteiger partial charge in [-0.25, -0.2) is 4.98 Å². The van der Waals surface area contributed by atoms with Crippen LogP contribution < -0.4 is 10.1 Å². The van der Waals surface area contributed by atoms with E-state index in [2.05, 4.69) is 20.0 Å². The molecule has 0 atom stereocenters. The quantitative estimate of drug-likeness (QED) is 0.756. The minimum Gasteiger partial charge on any atom is -0.435 e. The third-order valence-corrected chi connectivity index (χ3v) is 3.76. The number of alkyl halides is 2. The molecule has 0 bridgehead atoms. The van der Waals surface area contributed by atoms with E-state index in [0.717, 1.165) is 5.56 Å². The van der Waals surface area contributed by atoms with Crippen molar-refractivity contribution in [2.24, 2.45) is 0 Å². The molecule has 8 heteroatoms. The van der Waals surface area contributed by atoms with Gasteiger partial charge in [0, 0.05) is 28.9 Å². The molecule has 122 valence electrons. The van der Waals surface area contributed by atoms with Crippen molar-refractivity contribution in [3.8, 4) is 17.0 Å². The second-order valence-electron chi connectivity index (χ2n) is 4.64. The number of benzene rings is 1. The molecule has 0 spiro atoms. The number of pyridine rings is 1. The van der Waals surface area contributed by atoms with Gasteiger partial charge in [-0.1, -0.05) is 6.07 Å². The third-order valence-electron chi connectivity index (χ3n) is 3.00. The van der Waals surface area contributed by atoms with E-state index < -0.39 is 12.5 Å². The molecule has 3 rings (SSSR count). The summed E-state index contributed by atoms with van der Waals surface area (Å²) in [6.45, 7) is -2.94. The van der Waals surface area contributed by atoms with E-state index in [1.165, 1.54) is 35.6 Å². The zero-order valence-corrected chi connectivity index (χ0v) is 13.0. The second kappa shape index (κ2) is 7.14. The van der Waals surface area contributed by atoms with Gasteiger partial charge in [-0.15, -0.1) is 11.3 Å². The Kier molecular flexibility index (Phi) is 4.76. The zero-order chi connectivity index (χ0) is 16.9. The lowest BCUT2D eigenvalue weighted by atomic mass is 10.2. The maximum atomic E-state index is 12.2. The van der Waals surface area contributed by atoms with Crippen LogP contribution in [-0.4, -0.2) is 22.5 Å². The Morgan fingerprint density at radius 3 is 2.88 bits per heavy atom. The number of nitrogens with one attached hydrogen (secondary N) is 1. The first kappa shape index (κ1) is 16.0. The number of thiazole rings is 1. The van der Waals surface area contributed by atoms with Crippen molar-refractivity contribution in [1.82, 2.24) is 9.97 Å². The smallest absolute Gasteiger partial charge is 0.387 e. The monoisotopic (exact) mass is 347 g/mol. The predicted octanol–water partition coefficient (Wildman–Crippen LogP) is 4.06. The molecule has 0 saturated heterocycles. The highest BCUT2D eigenvalue weighted by atomic mass is 32.1. The van der Waals surface area contributed by atoms with Crippen LogP contribution in [0.15, 0.2) is 54.2 Å². The molecule has 1 N–H and O–H groups in total. The molecule has 0 aliphatic heterocycles. The Bertz CT molecular complexity index is 840. The topological polar surface area (TPSA) is 64.1 Å². The van der Waals surface area contributed by atoms with Crippen LogP contribution in [0.2, 0.25) is 0 Å². The summed E-state index contributed by atoms with van der Waals surface area (Å²) in [6.07, 6.45) is 3.33. The van der Waals surface area contributed by atoms with Crippen LogP contribution in [0.3, 0.4) is 0 Å². The van der Waals surface area contributed by atoms with E-state index >= 15 is 0 Å². The summed E-state index contributed by atoms with van der Waals surface area (Å²) in [5, 5.41) is 4.83. The van der Waals surface area contributed by atoms with Gasteiger partial charge in [-0.3, -0.25) is 15.1 Å². The second-order valence-corrected chi connectivity index (χ2v) is 5.50. The maximum Gasteiger partial charge on any atom is 0.387 e. The molecule has 1 aromatic carbocycles. The predicted molar refractivity (Wildman–Crippen MR) is 86.4 cm³/mol. The molecule has 0 aliphatic rings. The Balaban J connectivity index is 1.72. The number of hydrogen-bond acceptors (Lipinski definition) is 5. The molecule has 1 amide bonds. The zero-order valence-electron chi connectivity index (χ0n) is 12.1. The van der Waals surface area contributed by atoms with E-state index in [9.17, 15) is 13.6 Å². The van der Waals surface area contributed by atoms with Gasteiger partial charge < -0.3 is 4.74 Å². The fraction of sp³-hybridized carbons (Fsp3) is 0.0625. The fourth-order valence-electron chi connectivity index (χ4n) is 1.96.